The van der Waals surface area contributed by atoms with Gasteiger partial charge >= 0.3 is 5.97 Å². The summed E-state index contributed by atoms with van der Waals surface area (Å²) in [6.45, 7) is 0. The minimum absolute atomic E-state index is 0.0349. The highest BCUT2D eigenvalue weighted by molar-refractivity contribution is 9.10. The van der Waals surface area contributed by atoms with Crippen molar-refractivity contribution in [2.75, 3.05) is 28.4 Å². The molecule has 2 aromatic carbocycles. The van der Waals surface area contributed by atoms with Crippen molar-refractivity contribution in [1.29, 1.82) is 0 Å². The number of esters is 1. The van der Waals surface area contributed by atoms with Gasteiger partial charge in [-0.25, -0.2) is 0 Å². The molecule has 0 radical (unpaired) electrons. The lowest BCUT2D eigenvalue weighted by atomic mass is 9.92. The number of hydrogen-bond acceptors (Lipinski definition) is 9. The lowest BCUT2D eigenvalue weighted by Gasteiger charge is -2.20. The van der Waals surface area contributed by atoms with Crippen molar-refractivity contribution in [1.82, 2.24) is 0 Å². The zero-order valence-electron chi connectivity index (χ0n) is 19.6. The number of hydrogen-bond donors (Lipinski definition) is 1. The maximum Gasteiger partial charge on any atom is 0.306 e. The van der Waals surface area contributed by atoms with Gasteiger partial charge in [0.25, 0.3) is 0 Å². The second kappa shape index (κ2) is 12.0. The van der Waals surface area contributed by atoms with Gasteiger partial charge in [0.05, 0.1) is 51.0 Å². The van der Waals surface area contributed by atoms with Crippen LogP contribution in [0.25, 0.3) is 0 Å². The minimum atomic E-state index is -0.822. The van der Waals surface area contributed by atoms with Gasteiger partial charge in [-0.2, -0.15) is 0 Å². The molecule has 0 aliphatic carbocycles. The fourth-order valence-corrected chi connectivity index (χ4v) is 4.84. The Hall–Kier alpha value is -3.11. The average molecular weight is 565 g/mol. The number of benzene rings is 2. The second-order valence-electron chi connectivity index (χ2n) is 7.33. The lowest BCUT2D eigenvalue weighted by molar-refractivity contribution is -0.140. The molecular weight excluding hydrogens is 540 g/mol. The summed E-state index contributed by atoms with van der Waals surface area (Å²) in [5.41, 5.74) is -0.0516. The number of carbonyl (C=O) groups is 1. The zero-order valence-corrected chi connectivity index (χ0v) is 22.0. The molecule has 35 heavy (non-hydrogen) atoms. The number of methoxy groups -OCH3 is 4. The van der Waals surface area contributed by atoms with Gasteiger partial charge in [0.15, 0.2) is 17.3 Å². The summed E-state index contributed by atoms with van der Waals surface area (Å²) in [5, 5.41) is 10.6. The topological polar surface area (TPSA) is 104 Å². The van der Waals surface area contributed by atoms with Crippen LogP contribution in [0.3, 0.4) is 0 Å². The molecule has 0 saturated heterocycles. The molecule has 0 aliphatic heterocycles. The first-order valence-electron chi connectivity index (χ1n) is 10.4. The number of ether oxygens (including phenoxy) is 4. The predicted octanol–water partition coefficient (Wildman–Crippen LogP) is 5.12. The molecule has 0 saturated carbocycles. The molecule has 0 spiro atoms. The van der Waals surface area contributed by atoms with E-state index < -0.39 is 23.1 Å². The van der Waals surface area contributed by atoms with Crippen molar-refractivity contribution in [3.63, 3.8) is 0 Å². The summed E-state index contributed by atoms with van der Waals surface area (Å²) >= 11 is 4.89. The molecule has 3 aromatic rings. The predicted molar refractivity (Wildman–Crippen MR) is 135 cm³/mol. The van der Waals surface area contributed by atoms with Gasteiger partial charge in [-0.3, -0.25) is 9.59 Å². The molecule has 8 nitrogen and oxygen atoms in total. The SMILES string of the molecule is COC(=O)C[C@H](c1cc(Br)c(OC)c(OC)c1)c1oc(CSc2ccc(OC)cc2)cc(=O)c1O. The van der Waals surface area contributed by atoms with Crippen LogP contribution in [0.1, 0.15) is 29.4 Å². The van der Waals surface area contributed by atoms with E-state index in [9.17, 15) is 14.7 Å². The Labute approximate surface area is 215 Å². The first-order chi connectivity index (χ1) is 16.8. The Balaban J connectivity index is 2.02. The Morgan fingerprint density at radius 3 is 2.37 bits per heavy atom. The number of thioether (sulfide) groups is 1. The molecule has 1 atom stereocenters. The highest BCUT2D eigenvalue weighted by atomic mass is 79.9. The Kier molecular flexibility index (Phi) is 9.11. The maximum atomic E-state index is 12.6. The largest absolute Gasteiger partial charge is 0.502 e. The van der Waals surface area contributed by atoms with Gasteiger partial charge in [0.1, 0.15) is 11.5 Å². The van der Waals surface area contributed by atoms with Crippen LogP contribution in [0, 0.1) is 0 Å². The smallest absolute Gasteiger partial charge is 0.306 e. The Morgan fingerprint density at radius 1 is 1.06 bits per heavy atom. The van der Waals surface area contributed by atoms with E-state index >= 15 is 0 Å². The van der Waals surface area contributed by atoms with Crippen LogP contribution >= 0.6 is 27.7 Å². The number of rotatable bonds is 10. The Morgan fingerprint density at radius 2 is 1.77 bits per heavy atom. The zero-order chi connectivity index (χ0) is 25.5. The molecule has 0 amide bonds. The molecule has 186 valence electrons. The summed E-state index contributed by atoms with van der Waals surface area (Å²) in [7, 11) is 5.85. The van der Waals surface area contributed by atoms with Gasteiger partial charge in [0, 0.05) is 11.0 Å². The van der Waals surface area contributed by atoms with Crippen LogP contribution in [0.5, 0.6) is 23.0 Å². The van der Waals surface area contributed by atoms with Crippen LogP contribution in [-0.4, -0.2) is 39.5 Å². The highest BCUT2D eigenvalue weighted by Crippen LogP contribution is 2.42. The van der Waals surface area contributed by atoms with E-state index in [4.69, 9.17) is 23.4 Å². The molecule has 0 aliphatic rings. The number of carbonyl (C=O) groups excluding carboxylic acids is 1. The van der Waals surface area contributed by atoms with Crippen molar-refractivity contribution in [3.05, 3.63) is 74.2 Å². The van der Waals surface area contributed by atoms with E-state index in [1.807, 2.05) is 24.3 Å². The van der Waals surface area contributed by atoms with Crippen molar-refractivity contribution >= 4 is 33.7 Å². The summed E-state index contributed by atoms with van der Waals surface area (Å²) in [6.07, 6.45) is -0.177. The fraction of sp³-hybridized carbons (Fsp3) is 0.280. The summed E-state index contributed by atoms with van der Waals surface area (Å²) < 4.78 is 27.4. The van der Waals surface area contributed by atoms with Gasteiger partial charge < -0.3 is 28.5 Å². The second-order valence-corrected chi connectivity index (χ2v) is 9.23. The monoisotopic (exact) mass is 564 g/mol. The van der Waals surface area contributed by atoms with Crippen LogP contribution in [0.4, 0.5) is 0 Å². The minimum Gasteiger partial charge on any atom is -0.502 e. The van der Waals surface area contributed by atoms with Crippen molar-refractivity contribution in [2.45, 2.75) is 23.0 Å². The molecule has 0 bridgehead atoms. The molecule has 10 heteroatoms. The third-order valence-electron chi connectivity index (χ3n) is 5.21. The molecule has 1 aromatic heterocycles. The average Bonchev–Trinajstić information content (AvgIpc) is 2.87. The van der Waals surface area contributed by atoms with Crippen molar-refractivity contribution in [2.24, 2.45) is 0 Å². The standard InChI is InChI=1S/C25H25BrO8S/c1-30-15-5-7-17(8-6-15)35-13-16-11-20(27)23(29)24(34-16)18(12-22(28)32-3)14-9-19(26)25(33-4)21(10-14)31-2/h5-11,18,29H,12-13H2,1-4H3/t18-/m1/s1. The lowest BCUT2D eigenvalue weighted by Crippen LogP contribution is -2.14. The Bertz CT molecular complexity index is 1240. The van der Waals surface area contributed by atoms with Gasteiger partial charge in [-0.15, -0.1) is 11.8 Å². The highest BCUT2D eigenvalue weighted by Gasteiger charge is 2.28. The molecule has 0 unspecified atom stereocenters. The number of aromatic hydroxyl groups is 1. The van der Waals surface area contributed by atoms with Crippen LogP contribution < -0.4 is 19.6 Å². The van der Waals surface area contributed by atoms with Crippen molar-refractivity contribution < 1.29 is 33.3 Å². The summed E-state index contributed by atoms with van der Waals surface area (Å²) in [6, 6.07) is 12.1. The molecule has 1 heterocycles. The third-order valence-corrected chi connectivity index (χ3v) is 6.84. The molecule has 3 rings (SSSR count). The van der Waals surface area contributed by atoms with Crippen LogP contribution in [0.2, 0.25) is 0 Å². The summed E-state index contributed by atoms with van der Waals surface area (Å²) in [5.74, 6) is 0.310. The summed E-state index contributed by atoms with van der Waals surface area (Å²) in [4.78, 5) is 25.8. The van der Waals surface area contributed by atoms with E-state index in [1.165, 1.54) is 39.2 Å². The van der Waals surface area contributed by atoms with E-state index in [-0.39, 0.29) is 12.2 Å². The van der Waals surface area contributed by atoms with E-state index in [0.717, 1.165) is 10.6 Å². The quantitative estimate of drug-likeness (QED) is 0.265. The molecule has 1 N–H and O–H groups in total. The molecule has 0 fully saturated rings. The van der Waals surface area contributed by atoms with Gasteiger partial charge in [-0.05, 0) is 57.9 Å². The van der Waals surface area contributed by atoms with Crippen LogP contribution in [0.15, 0.2) is 61.0 Å². The van der Waals surface area contributed by atoms with E-state index in [2.05, 4.69) is 15.9 Å². The first kappa shape index (κ1) is 26.5. The first-order valence-corrected chi connectivity index (χ1v) is 12.2. The number of halogens is 1. The van der Waals surface area contributed by atoms with Crippen LogP contribution in [-0.2, 0) is 15.3 Å². The van der Waals surface area contributed by atoms with E-state index in [0.29, 0.717) is 33.0 Å². The van der Waals surface area contributed by atoms with Crippen molar-refractivity contribution in [3.8, 4) is 23.0 Å². The normalized spacial score (nSPS) is 11.6. The van der Waals surface area contributed by atoms with E-state index in [1.54, 1.807) is 19.2 Å². The van der Waals surface area contributed by atoms with Gasteiger partial charge in [-0.1, -0.05) is 0 Å². The fourth-order valence-electron chi connectivity index (χ4n) is 3.44. The maximum absolute atomic E-state index is 12.6. The molecular formula is C25H25BrO8S. The van der Waals surface area contributed by atoms with Gasteiger partial charge in [0.2, 0.25) is 11.2 Å². The third kappa shape index (κ3) is 6.32.